The maximum atomic E-state index is 10.5. The number of imidazole rings is 1. The molecule has 5 heteroatoms. The van der Waals surface area contributed by atoms with Crippen molar-refractivity contribution in [1.29, 1.82) is 0 Å². The molecule has 1 aromatic heterocycles. The number of rotatable bonds is 3. The molecule has 0 amide bonds. The Bertz CT molecular complexity index is 293. The maximum absolute atomic E-state index is 10.5. The first-order valence-electron chi connectivity index (χ1n) is 3.71. The summed E-state index contributed by atoms with van der Waals surface area (Å²) < 4.78 is 1.12. The fourth-order valence-electron chi connectivity index (χ4n) is 0.966. The van der Waals surface area contributed by atoms with Gasteiger partial charge in [-0.15, -0.1) is 0 Å². The third kappa shape index (κ3) is 1.39. The molecular weight excluding hydrogens is 158 g/mol. The number of hydrogen-bond acceptors (Lipinski definition) is 3. The van der Waals surface area contributed by atoms with Crippen molar-refractivity contribution in [1.82, 2.24) is 9.66 Å². The molecule has 1 heterocycles. The van der Waals surface area contributed by atoms with Crippen LogP contribution in [0.25, 0.3) is 0 Å². The molecule has 66 valence electrons. The van der Waals surface area contributed by atoms with Crippen LogP contribution in [-0.4, -0.2) is 20.7 Å². The second-order valence-corrected chi connectivity index (χ2v) is 2.48. The molecule has 1 aromatic rings. The summed E-state index contributed by atoms with van der Waals surface area (Å²) in [5, 5.41) is 8.61. The summed E-state index contributed by atoms with van der Waals surface area (Å²) in [6, 6.07) is 0. The SMILES string of the molecule is CCCc1ncc(C(=O)O)n1N. The topological polar surface area (TPSA) is 81.1 Å². The quantitative estimate of drug-likeness (QED) is 0.635. The van der Waals surface area contributed by atoms with E-state index in [0.717, 1.165) is 11.1 Å². The van der Waals surface area contributed by atoms with E-state index in [9.17, 15) is 4.79 Å². The van der Waals surface area contributed by atoms with E-state index in [1.54, 1.807) is 0 Å². The Morgan fingerprint density at radius 2 is 2.50 bits per heavy atom. The Kier molecular flexibility index (Phi) is 2.32. The molecular formula is C7H11N3O2. The van der Waals surface area contributed by atoms with Gasteiger partial charge in [0.05, 0.1) is 6.20 Å². The number of carboxylic acids is 1. The minimum absolute atomic E-state index is 0.0263. The molecule has 0 bridgehead atoms. The van der Waals surface area contributed by atoms with Crippen LogP contribution in [0, 0.1) is 0 Å². The monoisotopic (exact) mass is 169 g/mol. The molecule has 0 radical (unpaired) electrons. The number of nitrogens with zero attached hydrogens (tertiary/aromatic N) is 2. The van der Waals surface area contributed by atoms with Gasteiger partial charge in [0.25, 0.3) is 0 Å². The number of nitrogens with two attached hydrogens (primary N) is 1. The first-order valence-corrected chi connectivity index (χ1v) is 3.71. The normalized spacial score (nSPS) is 10.1. The zero-order valence-corrected chi connectivity index (χ0v) is 6.82. The lowest BCUT2D eigenvalue weighted by Crippen LogP contribution is -2.18. The van der Waals surface area contributed by atoms with Crippen molar-refractivity contribution in [2.24, 2.45) is 0 Å². The molecule has 0 aromatic carbocycles. The predicted octanol–water partition coefficient (Wildman–Crippen LogP) is 0.248. The van der Waals surface area contributed by atoms with E-state index >= 15 is 0 Å². The van der Waals surface area contributed by atoms with Gasteiger partial charge in [-0.1, -0.05) is 6.92 Å². The number of aromatic nitrogens is 2. The summed E-state index contributed by atoms with van der Waals surface area (Å²) in [6.07, 6.45) is 2.87. The smallest absolute Gasteiger partial charge is 0.356 e. The Morgan fingerprint density at radius 1 is 1.83 bits per heavy atom. The third-order valence-corrected chi connectivity index (χ3v) is 1.57. The summed E-state index contributed by atoms with van der Waals surface area (Å²) in [7, 11) is 0. The Morgan fingerprint density at radius 3 is 2.92 bits per heavy atom. The number of aromatic carboxylic acids is 1. The van der Waals surface area contributed by atoms with Gasteiger partial charge < -0.3 is 10.9 Å². The molecule has 0 fully saturated rings. The van der Waals surface area contributed by atoms with Gasteiger partial charge in [0.1, 0.15) is 5.82 Å². The fraction of sp³-hybridized carbons (Fsp3) is 0.429. The van der Waals surface area contributed by atoms with Crippen LogP contribution in [0.4, 0.5) is 0 Å². The standard InChI is InChI=1S/C7H11N3O2/c1-2-3-6-9-4-5(7(11)12)10(6)8/h4H,2-3,8H2,1H3,(H,11,12). The zero-order valence-electron chi connectivity index (χ0n) is 6.82. The van der Waals surface area contributed by atoms with Crippen molar-refractivity contribution in [3.63, 3.8) is 0 Å². The molecule has 0 atom stereocenters. The summed E-state index contributed by atoms with van der Waals surface area (Å²) in [5.74, 6) is 5.02. The van der Waals surface area contributed by atoms with E-state index in [4.69, 9.17) is 10.9 Å². The van der Waals surface area contributed by atoms with Crippen LogP contribution in [0.3, 0.4) is 0 Å². The minimum atomic E-state index is -1.05. The summed E-state index contributed by atoms with van der Waals surface area (Å²) in [6.45, 7) is 1.98. The van der Waals surface area contributed by atoms with Crippen LogP contribution in [0.1, 0.15) is 29.7 Å². The van der Waals surface area contributed by atoms with Gasteiger partial charge in [-0.2, -0.15) is 0 Å². The minimum Gasteiger partial charge on any atom is -0.476 e. The van der Waals surface area contributed by atoms with Crippen LogP contribution >= 0.6 is 0 Å². The molecule has 5 nitrogen and oxygen atoms in total. The van der Waals surface area contributed by atoms with Gasteiger partial charge in [0, 0.05) is 6.42 Å². The van der Waals surface area contributed by atoms with E-state index in [2.05, 4.69) is 4.98 Å². The van der Waals surface area contributed by atoms with Crippen molar-refractivity contribution in [2.75, 3.05) is 5.84 Å². The van der Waals surface area contributed by atoms with E-state index in [1.165, 1.54) is 6.20 Å². The van der Waals surface area contributed by atoms with Crippen LogP contribution in [-0.2, 0) is 6.42 Å². The van der Waals surface area contributed by atoms with Crippen LogP contribution < -0.4 is 5.84 Å². The van der Waals surface area contributed by atoms with Gasteiger partial charge in [-0.3, -0.25) is 0 Å². The molecule has 0 aliphatic carbocycles. The zero-order chi connectivity index (χ0) is 9.14. The number of aryl methyl sites for hydroxylation is 1. The summed E-state index contributed by atoms with van der Waals surface area (Å²) in [4.78, 5) is 14.4. The van der Waals surface area contributed by atoms with Crippen LogP contribution in [0.15, 0.2) is 6.20 Å². The van der Waals surface area contributed by atoms with E-state index in [0.29, 0.717) is 12.2 Å². The molecule has 3 N–H and O–H groups in total. The molecule has 0 aliphatic heterocycles. The highest BCUT2D eigenvalue weighted by atomic mass is 16.4. The predicted molar refractivity (Wildman–Crippen MR) is 43.3 cm³/mol. The average molecular weight is 169 g/mol. The lowest BCUT2D eigenvalue weighted by Gasteiger charge is -2.00. The van der Waals surface area contributed by atoms with E-state index < -0.39 is 5.97 Å². The highest BCUT2D eigenvalue weighted by Crippen LogP contribution is 2.02. The Balaban J connectivity index is 2.96. The molecule has 0 saturated carbocycles. The molecule has 0 saturated heterocycles. The van der Waals surface area contributed by atoms with Crippen molar-refractivity contribution in [2.45, 2.75) is 19.8 Å². The first-order chi connectivity index (χ1) is 5.66. The highest BCUT2D eigenvalue weighted by Gasteiger charge is 2.11. The first kappa shape index (κ1) is 8.58. The average Bonchev–Trinajstić information content (AvgIpc) is 2.34. The highest BCUT2D eigenvalue weighted by molar-refractivity contribution is 5.85. The molecule has 0 aliphatic rings. The number of hydrogen-bond donors (Lipinski definition) is 2. The Labute approximate surface area is 69.8 Å². The second kappa shape index (κ2) is 3.25. The second-order valence-electron chi connectivity index (χ2n) is 2.48. The summed E-state index contributed by atoms with van der Waals surface area (Å²) >= 11 is 0. The number of carbonyl (C=O) groups is 1. The van der Waals surface area contributed by atoms with Gasteiger partial charge in [0.2, 0.25) is 0 Å². The Hall–Kier alpha value is -1.52. The maximum Gasteiger partial charge on any atom is 0.356 e. The van der Waals surface area contributed by atoms with E-state index in [-0.39, 0.29) is 5.69 Å². The fourth-order valence-corrected chi connectivity index (χ4v) is 0.966. The van der Waals surface area contributed by atoms with Crippen molar-refractivity contribution in [3.8, 4) is 0 Å². The molecule has 1 rings (SSSR count). The van der Waals surface area contributed by atoms with Crippen molar-refractivity contribution >= 4 is 5.97 Å². The van der Waals surface area contributed by atoms with Gasteiger partial charge >= 0.3 is 5.97 Å². The lowest BCUT2D eigenvalue weighted by molar-refractivity contribution is 0.0687. The van der Waals surface area contributed by atoms with Gasteiger partial charge in [-0.25, -0.2) is 14.5 Å². The van der Waals surface area contributed by atoms with E-state index in [1.807, 2.05) is 6.92 Å². The molecule has 0 spiro atoms. The van der Waals surface area contributed by atoms with Crippen molar-refractivity contribution in [3.05, 3.63) is 17.7 Å². The molecule has 0 unspecified atom stereocenters. The van der Waals surface area contributed by atoms with Crippen molar-refractivity contribution < 1.29 is 9.90 Å². The largest absolute Gasteiger partial charge is 0.476 e. The molecule has 12 heavy (non-hydrogen) atoms. The number of nitrogen functional groups attached to an aromatic ring is 1. The van der Waals surface area contributed by atoms with Gasteiger partial charge in [0.15, 0.2) is 5.69 Å². The number of carboxylic acid groups (broad SMARTS) is 1. The summed E-state index contributed by atoms with van der Waals surface area (Å²) in [5.41, 5.74) is 0.0263. The van der Waals surface area contributed by atoms with Crippen LogP contribution in [0.2, 0.25) is 0 Å². The third-order valence-electron chi connectivity index (χ3n) is 1.57. The lowest BCUT2D eigenvalue weighted by atomic mass is 10.3. The van der Waals surface area contributed by atoms with Crippen LogP contribution in [0.5, 0.6) is 0 Å². The van der Waals surface area contributed by atoms with Gasteiger partial charge in [-0.05, 0) is 6.42 Å².